The molecule has 0 bridgehead atoms. The van der Waals surface area contributed by atoms with Crippen LogP contribution in [-0.4, -0.2) is 28.5 Å². The second kappa shape index (κ2) is 5.57. The van der Waals surface area contributed by atoms with E-state index in [4.69, 9.17) is 16.3 Å². The van der Waals surface area contributed by atoms with Crippen molar-refractivity contribution in [3.8, 4) is 5.75 Å². The summed E-state index contributed by atoms with van der Waals surface area (Å²) in [4.78, 5) is 23.0. The minimum absolute atomic E-state index is 0.136. The maximum absolute atomic E-state index is 12.9. The van der Waals surface area contributed by atoms with Gasteiger partial charge in [0.2, 0.25) is 0 Å². The fourth-order valence-electron chi connectivity index (χ4n) is 2.55. The molecule has 0 aliphatic carbocycles. The zero-order valence-corrected chi connectivity index (χ0v) is 13.4. The number of ether oxygens (including phenoxy) is 1. The highest BCUT2D eigenvalue weighted by molar-refractivity contribution is 6.32. The molecule has 1 aliphatic heterocycles. The molecule has 2 aromatic rings. The van der Waals surface area contributed by atoms with E-state index in [1.54, 1.807) is 30.2 Å². The van der Waals surface area contributed by atoms with Crippen LogP contribution in [0.2, 0.25) is 5.02 Å². The van der Waals surface area contributed by atoms with Crippen molar-refractivity contribution in [2.24, 2.45) is 0 Å². The smallest absolute Gasteiger partial charge is 0.261 e. The highest BCUT2D eigenvalue weighted by Gasteiger charge is 2.30. The van der Waals surface area contributed by atoms with Gasteiger partial charge in [0.05, 0.1) is 28.5 Å². The Hall–Kier alpha value is -2.14. The van der Waals surface area contributed by atoms with E-state index < -0.39 is 0 Å². The molecule has 1 aliphatic rings. The summed E-state index contributed by atoms with van der Waals surface area (Å²) in [5.41, 5.74) is 1.83. The van der Waals surface area contributed by atoms with E-state index in [9.17, 15) is 4.79 Å². The molecule has 1 unspecified atom stereocenters. The van der Waals surface area contributed by atoms with E-state index in [0.717, 1.165) is 0 Å². The lowest BCUT2D eigenvalue weighted by Crippen LogP contribution is -2.42. The highest BCUT2D eigenvalue weighted by Crippen LogP contribution is 2.39. The van der Waals surface area contributed by atoms with Crippen molar-refractivity contribution in [2.75, 3.05) is 11.4 Å². The van der Waals surface area contributed by atoms with Crippen molar-refractivity contribution in [1.82, 2.24) is 9.97 Å². The van der Waals surface area contributed by atoms with Gasteiger partial charge in [-0.2, -0.15) is 0 Å². The number of nitrogens with zero attached hydrogens (tertiary/aromatic N) is 3. The molecule has 1 atom stereocenters. The van der Waals surface area contributed by atoms with Crippen molar-refractivity contribution in [1.29, 1.82) is 0 Å². The average Bonchev–Trinajstić information content (AvgIpc) is 2.47. The maximum atomic E-state index is 12.9. The Morgan fingerprint density at radius 2 is 2.18 bits per heavy atom. The number of aryl methyl sites for hydroxylation is 2. The maximum Gasteiger partial charge on any atom is 0.261 e. The summed E-state index contributed by atoms with van der Waals surface area (Å²) in [5.74, 6) is 1.05. The zero-order chi connectivity index (χ0) is 15.9. The predicted octanol–water partition coefficient (Wildman–Crippen LogP) is 3.17. The number of fused-ring (bicyclic) bond motifs is 1. The van der Waals surface area contributed by atoms with Crippen LogP contribution in [0, 0.1) is 13.8 Å². The highest BCUT2D eigenvalue weighted by atomic mass is 35.5. The lowest BCUT2D eigenvalue weighted by Gasteiger charge is -2.34. The summed E-state index contributed by atoms with van der Waals surface area (Å²) in [6.45, 7) is 5.97. The number of carbonyl (C=O) groups excluding carboxylic acids is 1. The molecule has 5 nitrogen and oxygen atoms in total. The molecule has 114 valence electrons. The number of anilines is 1. The van der Waals surface area contributed by atoms with Crippen LogP contribution in [0.5, 0.6) is 5.75 Å². The molecule has 0 N–H and O–H groups in total. The van der Waals surface area contributed by atoms with Gasteiger partial charge in [0.1, 0.15) is 11.9 Å². The van der Waals surface area contributed by atoms with E-state index in [0.29, 0.717) is 40.1 Å². The summed E-state index contributed by atoms with van der Waals surface area (Å²) in [5, 5.41) is 0.499. The van der Waals surface area contributed by atoms with Gasteiger partial charge in [-0.3, -0.25) is 4.79 Å². The number of aromatic nitrogens is 2. The summed E-state index contributed by atoms with van der Waals surface area (Å²) < 4.78 is 5.77. The molecule has 3 rings (SSSR count). The van der Waals surface area contributed by atoms with Crippen LogP contribution in [0.15, 0.2) is 24.4 Å². The second-order valence-corrected chi connectivity index (χ2v) is 5.76. The third-order valence-electron chi connectivity index (χ3n) is 3.57. The van der Waals surface area contributed by atoms with Crippen LogP contribution >= 0.6 is 11.6 Å². The molecule has 2 heterocycles. The molecule has 1 aromatic carbocycles. The van der Waals surface area contributed by atoms with Crippen LogP contribution in [0.25, 0.3) is 0 Å². The first-order valence-electron chi connectivity index (χ1n) is 7.04. The zero-order valence-electron chi connectivity index (χ0n) is 12.6. The number of hydrogen-bond donors (Lipinski definition) is 0. The molecular formula is C16H16ClN3O2. The summed E-state index contributed by atoms with van der Waals surface area (Å²) in [6.07, 6.45) is 1.44. The van der Waals surface area contributed by atoms with Gasteiger partial charge in [-0.15, -0.1) is 0 Å². The number of rotatable bonds is 1. The summed E-state index contributed by atoms with van der Waals surface area (Å²) in [7, 11) is 0. The lowest BCUT2D eigenvalue weighted by molar-refractivity contribution is 0.0960. The Labute approximate surface area is 133 Å². The van der Waals surface area contributed by atoms with E-state index in [-0.39, 0.29) is 12.0 Å². The largest absolute Gasteiger partial charge is 0.485 e. The molecule has 0 fully saturated rings. The number of halogens is 1. The standard InChI is InChI=1S/C16H16ClN3O2/c1-9-8-20(14-6-4-5-13(17)15(14)22-9)16(21)12-7-18-11(3)19-10(12)2/h4-7,9H,8H2,1-3H3. The van der Waals surface area contributed by atoms with Gasteiger partial charge in [-0.25, -0.2) is 9.97 Å². The van der Waals surface area contributed by atoms with Crippen LogP contribution < -0.4 is 9.64 Å². The van der Waals surface area contributed by atoms with Gasteiger partial charge >= 0.3 is 0 Å². The monoisotopic (exact) mass is 317 g/mol. The molecule has 1 amide bonds. The lowest BCUT2D eigenvalue weighted by atomic mass is 10.1. The Morgan fingerprint density at radius 3 is 2.91 bits per heavy atom. The number of amides is 1. The first-order chi connectivity index (χ1) is 10.5. The fraction of sp³-hybridized carbons (Fsp3) is 0.312. The average molecular weight is 318 g/mol. The Morgan fingerprint density at radius 1 is 1.41 bits per heavy atom. The second-order valence-electron chi connectivity index (χ2n) is 5.35. The molecular weight excluding hydrogens is 302 g/mol. The van der Waals surface area contributed by atoms with Gasteiger partial charge in [-0.05, 0) is 32.9 Å². The number of benzene rings is 1. The predicted molar refractivity (Wildman–Crippen MR) is 84.7 cm³/mol. The summed E-state index contributed by atoms with van der Waals surface area (Å²) >= 11 is 6.19. The first-order valence-corrected chi connectivity index (χ1v) is 7.42. The molecule has 0 saturated heterocycles. The third-order valence-corrected chi connectivity index (χ3v) is 3.87. The van der Waals surface area contributed by atoms with Crippen molar-refractivity contribution in [3.05, 3.63) is 46.5 Å². The SMILES string of the molecule is Cc1ncc(C(=O)N2CC(C)Oc3c(Cl)cccc32)c(C)n1. The Bertz CT molecular complexity index is 748. The molecule has 0 saturated carbocycles. The number of hydrogen-bond acceptors (Lipinski definition) is 4. The van der Waals surface area contributed by atoms with Gasteiger partial charge in [0.15, 0.2) is 5.75 Å². The molecule has 0 spiro atoms. The van der Waals surface area contributed by atoms with Crippen LogP contribution in [0.1, 0.15) is 28.8 Å². The van der Waals surface area contributed by atoms with E-state index >= 15 is 0 Å². The van der Waals surface area contributed by atoms with Crippen LogP contribution in [0.4, 0.5) is 5.69 Å². The van der Waals surface area contributed by atoms with Gasteiger partial charge in [0.25, 0.3) is 5.91 Å². The molecule has 1 aromatic heterocycles. The van der Waals surface area contributed by atoms with E-state index in [1.807, 2.05) is 19.9 Å². The molecule has 0 radical (unpaired) electrons. The van der Waals surface area contributed by atoms with E-state index in [2.05, 4.69) is 9.97 Å². The fourth-order valence-corrected chi connectivity index (χ4v) is 2.77. The molecule has 6 heteroatoms. The quantitative estimate of drug-likeness (QED) is 0.810. The minimum Gasteiger partial charge on any atom is -0.485 e. The minimum atomic E-state index is -0.142. The van der Waals surface area contributed by atoms with Crippen molar-refractivity contribution >= 4 is 23.2 Å². The van der Waals surface area contributed by atoms with Crippen LogP contribution in [-0.2, 0) is 0 Å². The Balaban J connectivity index is 2.05. The number of carbonyl (C=O) groups is 1. The van der Waals surface area contributed by atoms with Crippen molar-refractivity contribution < 1.29 is 9.53 Å². The normalized spacial score (nSPS) is 16.9. The van der Waals surface area contributed by atoms with Crippen molar-refractivity contribution in [2.45, 2.75) is 26.9 Å². The topological polar surface area (TPSA) is 55.3 Å². The summed E-state index contributed by atoms with van der Waals surface area (Å²) in [6, 6.07) is 5.38. The van der Waals surface area contributed by atoms with Crippen molar-refractivity contribution in [3.63, 3.8) is 0 Å². The molecule has 22 heavy (non-hydrogen) atoms. The Kier molecular flexibility index (Phi) is 3.74. The number of para-hydroxylation sites is 1. The van der Waals surface area contributed by atoms with Crippen LogP contribution in [0.3, 0.4) is 0 Å². The van der Waals surface area contributed by atoms with E-state index in [1.165, 1.54) is 0 Å². The first kappa shape index (κ1) is 14.8. The van der Waals surface area contributed by atoms with Gasteiger partial charge in [0, 0.05) is 6.20 Å². The third kappa shape index (κ3) is 2.52. The van der Waals surface area contributed by atoms with Gasteiger partial charge < -0.3 is 9.64 Å². The van der Waals surface area contributed by atoms with Gasteiger partial charge in [-0.1, -0.05) is 17.7 Å².